The zero-order valence-corrected chi connectivity index (χ0v) is 16.3. The monoisotopic (exact) mass is 376 g/mol. The van der Waals surface area contributed by atoms with Crippen LogP contribution in [0.5, 0.6) is 11.5 Å². The molecule has 0 spiro atoms. The van der Waals surface area contributed by atoms with Gasteiger partial charge in [0.25, 0.3) is 0 Å². The van der Waals surface area contributed by atoms with E-state index >= 15 is 0 Å². The Kier molecular flexibility index (Phi) is 7.30. The molecule has 1 atom stereocenters. The summed E-state index contributed by atoms with van der Waals surface area (Å²) in [5, 5.41) is 6.87. The Labute approximate surface area is 159 Å². The lowest BCUT2D eigenvalue weighted by Gasteiger charge is -2.23. The normalized spacial score (nSPS) is 11.9. The molecule has 0 saturated carbocycles. The van der Waals surface area contributed by atoms with Crippen molar-refractivity contribution in [2.24, 2.45) is 5.92 Å². The van der Waals surface area contributed by atoms with Crippen molar-refractivity contribution < 1.29 is 14.3 Å². The average molecular weight is 377 g/mol. The highest BCUT2D eigenvalue weighted by atomic mass is 35.5. The Morgan fingerprint density at radius 1 is 1.08 bits per heavy atom. The molecule has 140 valence electrons. The van der Waals surface area contributed by atoms with Crippen LogP contribution in [0.2, 0.25) is 5.02 Å². The van der Waals surface area contributed by atoms with Gasteiger partial charge in [-0.3, -0.25) is 4.79 Å². The molecule has 6 heteroatoms. The second-order valence-corrected chi connectivity index (χ2v) is 6.70. The molecule has 2 aromatic rings. The summed E-state index contributed by atoms with van der Waals surface area (Å²) >= 11 is 5.96. The van der Waals surface area contributed by atoms with Crippen LogP contribution < -0.4 is 20.1 Å². The molecule has 0 radical (unpaired) electrons. The number of amides is 1. The van der Waals surface area contributed by atoms with Gasteiger partial charge in [0.1, 0.15) is 11.5 Å². The molecule has 0 aliphatic heterocycles. The molecule has 0 aromatic heterocycles. The fourth-order valence-corrected chi connectivity index (χ4v) is 2.84. The maximum absolute atomic E-state index is 12.4. The summed E-state index contributed by atoms with van der Waals surface area (Å²) in [4.78, 5) is 12.4. The predicted octanol–water partition coefficient (Wildman–Crippen LogP) is 4.28. The van der Waals surface area contributed by atoms with E-state index in [9.17, 15) is 4.79 Å². The largest absolute Gasteiger partial charge is 0.497 e. The van der Waals surface area contributed by atoms with Crippen LogP contribution in [-0.4, -0.2) is 26.7 Å². The Hall–Kier alpha value is -2.24. The Balaban J connectivity index is 2.03. The highest BCUT2D eigenvalue weighted by Crippen LogP contribution is 2.29. The van der Waals surface area contributed by atoms with Crippen molar-refractivity contribution in [3.8, 4) is 11.5 Å². The molecule has 5 nitrogen and oxygen atoms in total. The molecule has 1 unspecified atom stereocenters. The molecule has 0 heterocycles. The smallest absolute Gasteiger partial charge is 0.238 e. The van der Waals surface area contributed by atoms with E-state index in [1.807, 2.05) is 24.3 Å². The van der Waals surface area contributed by atoms with E-state index in [2.05, 4.69) is 24.5 Å². The summed E-state index contributed by atoms with van der Waals surface area (Å²) in [5.41, 5.74) is 1.67. The van der Waals surface area contributed by atoms with Crippen LogP contribution in [0, 0.1) is 5.92 Å². The summed E-state index contributed by atoms with van der Waals surface area (Å²) in [6.45, 7) is 4.39. The number of methoxy groups -OCH3 is 2. The number of hydrogen-bond acceptors (Lipinski definition) is 4. The second kappa shape index (κ2) is 9.46. The number of ether oxygens (including phenoxy) is 2. The Morgan fingerprint density at radius 2 is 1.77 bits per heavy atom. The van der Waals surface area contributed by atoms with Crippen molar-refractivity contribution in [3.63, 3.8) is 0 Å². The zero-order chi connectivity index (χ0) is 19.1. The number of halogens is 1. The first-order valence-corrected chi connectivity index (χ1v) is 8.83. The summed E-state index contributed by atoms with van der Waals surface area (Å²) in [6.07, 6.45) is 0. The van der Waals surface area contributed by atoms with E-state index in [1.165, 1.54) is 0 Å². The summed E-state index contributed by atoms with van der Waals surface area (Å²) < 4.78 is 10.5. The van der Waals surface area contributed by atoms with Crippen LogP contribution in [0.1, 0.15) is 25.5 Å². The van der Waals surface area contributed by atoms with E-state index in [1.54, 1.807) is 32.4 Å². The quantitative estimate of drug-likeness (QED) is 0.721. The molecular formula is C20H25ClN2O3. The first kappa shape index (κ1) is 20.1. The molecule has 0 fully saturated rings. The molecule has 1 amide bonds. The van der Waals surface area contributed by atoms with Gasteiger partial charge in [-0.1, -0.05) is 37.6 Å². The van der Waals surface area contributed by atoms with Gasteiger partial charge < -0.3 is 20.1 Å². The van der Waals surface area contributed by atoms with Crippen molar-refractivity contribution in [1.29, 1.82) is 0 Å². The molecular weight excluding hydrogens is 352 g/mol. The summed E-state index contributed by atoms with van der Waals surface area (Å²) in [7, 11) is 3.14. The van der Waals surface area contributed by atoms with E-state index in [-0.39, 0.29) is 18.5 Å². The fourth-order valence-electron chi connectivity index (χ4n) is 2.72. The van der Waals surface area contributed by atoms with E-state index in [0.717, 1.165) is 5.56 Å². The highest BCUT2D eigenvalue weighted by molar-refractivity contribution is 6.30. The topological polar surface area (TPSA) is 59.6 Å². The highest BCUT2D eigenvalue weighted by Gasteiger charge is 2.17. The van der Waals surface area contributed by atoms with Gasteiger partial charge in [-0.2, -0.15) is 0 Å². The van der Waals surface area contributed by atoms with Gasteiger partial charge in [0.2, 0.25) is 5.91 Å². The minimum absolute atomic E-state index is 0.0465. The van der Waals surface area contributed by atoms with Gasteiger partial charge in [0.05, 0.1) is 26.5 Å². The van der Waals surface area contributed by atoms with Gasteiger partial charge in [-0.25, -0.2) is 0 Å². The van der Waals surface area contributed by atoms with Crippen molar-refractivity contribution in [1.82, 2.24) is 5.32 Å². The Bertz CT molecular complexity index is 732. The molecule has 0 bridgehead atoms. The molecule has 26 heavy (non-hydrogen) atoms. The van der Waals surface area contributed by atoms with Gasteiger partial charge in [0.15, 0.2) is 0 Å². The minimum Gasteiger partial charge on any atom is -0.497 e. The Morgan fingerprint density at radius 3 is 2.35 bits per heavy atom. The van der Waals surface area contributed by atoms with Crippen LogP contribution in [0.4, 0.5) is 5.69 Å². The maximum Gasteiger partial charge on any atom is 0.238 e. The fraction of sp³-hybridized carbons (Fsp3) is 0.350. The lowest BCUT2D eigenvalue weighted by Crippen LogP contribution is -2.33. The van der Waals surface area contributed by atoms with E-state index in [0.29, 0.717) is 28.1 Å². The van der Waals surface area contributed by atoms with Crippen LogP contribution in [0.25, 0.3) is 0 Å². The van der Waals surface area contributed by atoms with Crippen LogP contribution in [0.15, 0.2) is 42.5 Å². The third-order valence-corrected chi connectivity index (χ3v) is 4.31. The molecule has 0 saturated heterocycles. The van der Waals surface area contributed by atoms with Crippen LogP contribution in [0.3, 0.4) is 0 Å². The number of rotatable bonds is 8. The van der Waals surface area contributed by atoms with Crippen molar-refractivity contribution in [3.05, 3.63) is 53.1 Å². The van der Waals surface area contributed by atoms with Crippen LogP contribution in [-0.2, 0) is 4.79 Å². The first-order valence-electron chi connectivity index (χ1n) is 8.45. The predicted molar refractivity (Wildman–Crippen MR) is 105 cm³/mol. The third-order valence-electron chi connectivity index (χ3n) is 4.06. The lowest BCUT2D eigenvalue weighted by molar-refractivity contribution is -0.115. The number of carbonyl (C=O) groups excluding carboxylic acids is 1. The van der Waals surface area contributed by atoms with E-state index < -0.39 is 0 Å². The number of carbonyl (C=O) groups is 1. The van der Waals surface area contributed by atoms with Gasteiger partial charge >= 0.3 is 0 Å². The van der Waals surface area contributed by atoms with Crippen molar-refractivity contribution in [2.45, 2.75) is 19.9 Å². The SMILES string of the molecule is COc1ccc(OC)c(NC(=O)CNC(c2ccc(Cl)cc2)C(C)C)c1. The third kappa shape index (κ3) is 5.38. The van der Waals surface area contributed by atoms with Gasteiger partial charge in [0, 0.05) is 17.1 Å². The minimum atomic E-state index is -0.156. The molecule has 0 aliphatic carbocycles. The van der Waals surface area contributed by atoms with Crippen LogP contribution >= 0.6 is 11.6 Å². The number of hydrogen-bond donors (Lipinski definition) is 2. The molecule has 2 rings (SSSR count). The van der Waals surface area contributed by atoms with Gasteiger partial charge in [-0.15, -0.1) is 0 Å². The number of anilines is 1. The molecule has 2 aromatic carbocycles. The maximum atomic E-state index is 12.4. The number of nitrogens with one attached hydrogen (secondary N) is 2. The standard InChI is InChI=1S/C20H25ClN2O3/c1-13(2)20(14-5-7-15(21)8-6-14)22-12-19(24)23-17-11-16(25-3)9-10-18(17)26-4/h5-11,13,20,22H,12H2,1-4H3,(H,23,24). The van der Waals surface area contributed by atoms with Crippen molar-refractivity contribution >= 4 is 23.2 Å². The summed E-state index contributed by atoms with van der Waals surface area (Å²) in [6, 6.07) is 13.0. The van der Waals surface area contributed by atoms with Gasteiger partial charge in [-0.05, 0) is 35.7 Å². The molecule has 2 N–H and O–H groups in total. The number of benzene rings is 2. The molecule has 0 aliphatic rings. The zero-order valence-electron chi connectivity index (χ0n) is 15.5. The average Bonchev–Trinajstić information content (AvgIpc) is 2.63. The van der Waals surface area contributed by atoms with Crippen molar-refractivity contribution in [2.75, 3.05) is 26.1 Å². The summed E-state index contributed by atoms with van der Waals surface area (Å²) in [5.74, 6) is 1.39. The first-order chi connectivity index (χ1) is 12.4. The van der Waals surface area contributed by atoms with E-state index in [4.69, 9.17) is 21.1 Å². The lowest BCUT2D eigenvalue weighted by atomic mass is 9.96. The second-order valence-electron chi connectivity index (χ2n) is 6.27.